The highest BCUT2D eigenvalue weighted by Crippen LogP contribution is 2.31. The van der Waals surface area contributed by atoms with Crippen LogP contribution in [0.4, 0.5) is 0 Å². The summed E-state index contributed by atoms with van der Waals surface area (Å²) in [7, 11) is 0. The van der Waals surface area contributed by atoms with Crippen molar-refractivity contribution in [3.63, 3.8) is 0 Å². The second-order valence-corrected chi connectivity index (χ2v) is 6.78. The Balaban J connectivity index is 1.69. The number of benzene rings is 1. The van der Waals surface area contributed by atoms with E-state index in [0.717, 1.165) is 12.1 Å². The first-order valence-electron chi connectivity index (χ1n) is 8.87. The number of hydrogen-bond acceptors (Lipinski definition) is 3. The van der Waals surface area contributed by atoms with Crippen LogP contribution < -0.4 is 0 Å². The van der Waals surface area contributed by atoms with Crippen LogP contribution in [0.15, 0.2) is 55.1 Å². The molecule has 0 N–H and O–H groups in total. The van der Waals surface area contributed by atoms with Gasteiger partial charge in [-0.15, -0.1) is 0 Å². The van der Waals surface area contributed by atoms with Gasteiger partial charge in [-0.2, -0.15) is 0 Å². The number of hydrogen-bond donors (Lipinski definition) is 0. The summed E-state index contributed by atoms with van der Waals surface area (Å²) in [6.07, 6.45) is 10.7. The van der Waals surface area contributed by atoms with E-state index < -0.39 is 0 Å². The van der Waals surface area contributed by atoms with Gasteiger partial charge in [0.25, 0.3) is 5.91 Å². The SMILES string of the molecule is CC(c1ccccc1)N(CC1CCC1)C(=O)c1nccn2ccnc12. The molecule has 1 aliphatic carbocycles. The van der Waals surface area contributed by atoms with E-state index in [-0.39, 0.29) is 11.9 Å². The summed E-state index contributed by atoms with van der Waals surface area (Å²) in [6, 6.07) is 10.2. The number of amides is 1. The zero-order chi connectivity index (χ0) is 17.2. The molecule has 1 unspecified atom stereocenters. The predicted octanol–water partition coefficient (Wildman–Crippen LogP) is 3.73. The van der Waals surface area contributed by atoms with E-state index >= 15 is 0 Å². The van der Waals surface area contributed by atoms with Crippen LogP contribution in [-0.2, 0) is 0 Å². The molecule has 2 aromatic heterocycles. The Morgan fingerprint density at radius 2 is 1.92 bits per heavy atom. The van der Waals surface area contributed by atoms with Gasteiger partial charge in [-0.1, -0.05) is 36.8 Å². The summed E-state index contributed by atoms with van der Waals surface area (Å²) in [5, 5.41) is 0. The molecule has 1 aliphatic rings. The summed E-state index contributed by atoms with van der Waals surface area (Å²) >= 11 is 0. The number of fused-ring (bicyclic) bond motifs is 1. The third-order valence-electron chi connectivity index (χ3n) is 5.20. The van der Waals surface area contributed by atoms with E-state index in [9.17, 15) is 4.79 Å². The van der Waals surface area contributed by atoms with Crippen LogP contribution in [0.25, 0.3) is 5.65 Å². The molecule has 0 radical (unpaired) electrons. The molecule has 1 fully saturated rings. The minimum atomic E-state index is -0.0416. The van der Waals surface area contributed by atoms with Gasteiger partial charge in [-0.05, 0) is 31.2 Å². The van der Waals surface area contributed by atoms with E-state index in [2.05, 4.69) is 29.0 Å². The van der Waals surface area contributed by atoms with Crippen LogP contribution in [0.5, 0.6) is 0 Å². The van der Waals surface area contributed by atoms with Gasteiger partial charge in [0.15, 0.2) is 11.3 Å². The predicted molar refractivity (Wildman–Crippen MR) is 96.2 cm³/mol. The molecule has 1 amide bonds. The molecule has 5 heteroatoms. The maximum atomic E-state index is 13.4. The van der Waals surface area contributed by atoms with Crippen molar-refractivity contribution in [2.45, 2.75) is 32.2 Å². The van der Waals surface area contributed by atoms with Gasteiger partial charge >= 0.3 is 0 Å². The molecule has 3 aromatic rings. The van der Waals surface area contributed by atoms with Crippen LogP contribution in [0.2, 0.25) is 0 Å². The molecule has 2 heterocycles. The van der Waals surface area contributed by atoms with Gasteiger partial charge in [-0.25, -0.2) is 9.97 Å². The second-order valence-electron chi connectivity index (χ2n) is 6.78. The highest BCUT2D eigenvalue weighted by molar-refractivity contribution is 5.98. The van der Waals surface area contributed by atoms with Crippen molar-refractivity contribution in [3.05, 3.63) is 66.4 Å². The van der Waals surface area contributed by atoms with Crippen LogP contribution in [0.3, 0.4) is 0 Å². The van der Waals surface area contributed by atoms with Crippen molar-refractivity contribution in [2.75, 3.05) is 6.54 Å². The van der Waals surface area contributed by atoms with Gasteiger partial charge in [-0.3, -0.25) is 4.79 Å². The number of carbonyl (C=O) groups excluding carboxylic acids is 1. The van der Waals surface area contributed by atoms with E-state index in [1.807, 2.05) is 39.9 Å². The van der Waals surface area contributed by atoms with Crippen molar-refractivity contribution >= 4 is 11.6 Å². The monoisotopic (exact) mass is 334 g/mol. The van der Waals surface area contributed by atoms with E-state index in [4.69, 9.17) is 0 Å². The van der Waals surface area contributed by atoms with E-state index in [0.29, 0.717) is 17.3 Å². The second kappa shape index (κ2) is 6.67. The molecule has 25 heavy (non-hydrogen) atoms. The normalized spacial score (nSPS) is 15.7. The Kier molecular flexibility index (Phi) is 4.22. The highest BCUT2D eigenvalue weighted by atomic mass is 16.2. The van der Waals surface area contributed by atoms with Crippen molar-refractivity contribution in [1.82, 2.24) is 19.3 Å². The van der Waals surface area contributed by atoms with Crippen LogP contribution in [0, 0.1) is 5.92 Å². The lowest BCUT2D eigenvalue weighted by molar-refractivity contribution is 0.0609. The summed E-state index contributed by atoms with van der Waals surface area (Å²) in [6.45, 7) is 2.87. The van der Waals surface area contributed by atoms with Gasteiger partial charge in [0, 0.05) is 31.3 Å². The van der Waals surface area contributed by atoms with Gasteiger partial charge in [0.2, 0.25) is 0 Å². The molecule has 128 valence electrons. The Morgan fingerprint density at radius 1 is 1.20 bits per heavy atom. The molecule has 0 spiro atoms. The van der Waals surface area contributed by atoms with Crippen LogP contribution in [-0.4, -0.2) is 31.7 Å². The highest BCUT2D eigenvalue weighted by Gasteiger charge is 2.30. The lowest BCUT2D eigenvalue weighted by atomic mass is 9.84. The van der Waals surface area contributed by atoms with E-state index in [1.54, 1.807) is 12.4 Å². The standard InChI is InChI=1S/C20H22N4O/c1-15(17-8-3-2-4-9-17)24(14-16-6-5-7-16)20(25)18-19-22-11-13-23(19)12-10-21-18/h2-4,8-13,15-16H,5-7,14H2,1H3. The number of imidazole rings is 1. The maximum absolute atomic E-state index is 13.4. The molecular weight excluding hydrogens is 312 g/mol. The summed E-state index contributed by atoms with van der Waals surface area (Å²) in [4.78, 5) is 24.0. The summed E-state index contributed by atoms with van der Waals surface area (Å²) < 4.78 is 1.84. The van der Waals surface area contributed by atoms with E-state index in [1.165, 1.54) is 19.3 Å². The molecular formula is C20H22N4O. The van der Waals surface area contributed by atoms with Crippen LogP contribution in [0.1, 0.15) is 48.3 Å². The average Bonchev–Trinajstić information content (AvgIpc) is 3.09. The van der Waals surface area contributed by atoms with Crippen molar-refractivity contribution in [3.8, 4) is 0 Å². The maximum Gasteiger partial charge on any atom is 0.276 e. The van der Waals surface area contributed by atoms with Crippen molar-refractivity contribution < 1.29 is 4.79 Å². The fourth-order valence-corrected chi connectivity index (χ4v) is 3.42. The lowest BCUT2D eigenvalue weighted by Gasteiger charge is -2.36. The van der Waals surface area contributed by atoms with Crippen molar-refractivity contribution in [1.29, 1.82) is 0 Å². The fourth-order valence-electron chi connectivity index (χ4n) is 3.42. The molecule has 1 aromatic carbocycles. The summed E-state index contributed by atoms with van der Waals surface area (Å²) in [5.41, 5.74) is 2.19. The number of rotatable bonds is 5. The topological polar surface area (TPSA) is 50.5 Å². The third kappa shape index (κ3) is 3.02. The third-order valence-corrected chi connectivity index (χ3v) is 5.20. The molecule has 0 bridgehead atoms. The Bertz CT molecular complexity index is 870. The molecule has 1 saturated carbocycles. The number of nitrogens with zero attached hydrogens (tertiary/aromatic N) is 4. The first-order chi connectivity index (χ1) is 12.2. The first kappa shape index (κ1) is 15.8. The van der Waals surface area contributed by atoms with Crippen molar-refractivity contribution in [2.24, 2.45) is 5.92 Å². The smallest absolute Gasteiger partial charge is 0.276 e. The minimum Gasteiger partial charge on any atom is -0.330 e. The molecule has 4 rings (SSSR count). The minimum absolute atomic E-state index is 0.00585. The zero-order valence-corrected chi connectivity index (χ0v) is 14.4. The Hall–Kier alpha value is -2.69. The molecule has 5 nitrogen and oxygen atoms in total. The Morgan fingerprint density at radius 3 is 2.60 bits per heavy atom. The zero-order valence-electron chi connectivity index (χ0n) is 14.4. The average molecular weight is 334 g/mol. The lowest BCUT2D eigenvalue weighted by Crippen LogP contribution is -2.39. The van der Waals surface area contributed by atoms with Gasteiger partial charge in [0.05, 0.1) is 6.04 Å². The quantitative estimate of drug-likeness (QED) is 0.714. The Labute approximate surface area is 147 Å². The molecule has 1 atom stereocenters. The molecule has 0 saturated heterocycles. The summed E-state index contributed by atoms with van der Waals surface area (Å²) in [5.74, 6) is 0.551. The number of aromatic nitrogens is 3. The van der Waals surface area contributed by atoms with Crippen LogP contribution >= 0.6 is 0 Å². The first-order valence-corrected chi connectivity index (χ1v) is 8.87. The van der Waals surface area contributed by atoms with Gasteiger partial charge < -0.3 is 9.30 Å². The van der Waals surface area contributed by atoms with Gasteiger partial charge in [0.1, 0.15) is 0 Å². The number of carbonyl (C=O) groups is 1. The largest absolute Gasteiger partial charge is 0.330 e. The molecule has 0 aliphatic heterocycles. The fraction of sp³-hybridized carbons (Fsp3) is 0.350.